The van der Waals surface area contributed by atoms with Crippen LogP contribution in [0.5, 0.6) is 0 Å². The van der Waals surface area contributed by atoms with E-state index in [0.717, 1.165) is 11.1 Å². The standard InChI is InChI=1S/C14H12BrN7O3/c1-8-3-2-4-9(5-8)6-21-7-16-14(20-21)17-13(23)11-10(15)12(19-18-11)22(24)25/h2-5,7H,6H2,1H3,(H,18,19)(H,17,20,23). The highest BCUT2D eigenvalue weighted by Crippen LogP contribution is 2.25. The second-order valence-electron chi connectivity index (χ2n) is 5.20. The summed E-state index contributed by atoms with van der Waals surface area (Å²) in [5.74, 6) is -0.983. The van der Waals surface area contributed by atoms with Gasteiger partial charge in [0.25, 0.3) is 5.91 Å². The number of H-pyrrole nitrogens is 1. The normalized spacial score (nSPS) is 10.6. The maximum Gasteiger partial charge on any atom is 0.357 e. The van der Waals surface area contributed by atoms with E-state index in [1.807, 2.05) is 31.2 Å². The van der Waals surface area contributed by atoms with Crippen LogP contribution in [0.2, 0.25) is 0 Å². The number of anilines is 1. The van der Waals surface area contributed by atoms with Crippen molar-refractivity contribution in [2.24, 2.45) is 0 Å². The first-order valence-electron chi connectivity index (χ1n) is 7.08. The summed E-state index contributed by atoms with van der Waals surface area (Å²) in [7, 11) is 0. The topological polar surface area (TPSA) is 132 Å². The highest BCUT2D eigenvalue weighted by molar-refractivity contribution is 9.10. The van der Waals surface area contributed by atoms with Gasteiger partial charge in [-0.25, -0.2) is 9.67 Å². The molecule has 0 fully saturated rings. The minimum absolute atomic E-state index is 0.0332. The number of carbonyl (C=O) groups is 1. The van der Waals surface area contributed by atoms with Crippen molar-refractivity contribution < 1.29 is 9.72 Å². The molecular weight excluding hydrogens is 394 g/mol. The van der Waals surface area contributed by atoms with Gasteiger partial charge in [-0.15, -0.1) is 10.2 Å². The van der Waals surface area contributed by atoms with Crippen LogP contribution in [0.4, 0.5) is 11.8 Å². The molecule has 2 heterocycles. The van der Waals surface area contributed by atoms with Crippen LogP contribution in [0, 0.1) is 17.0 Å². The molecule has 3 rings (SSSR count). The largest absolute Gasteiger partial charge is 0.358 e. The van der Waals surface area contributed by atoms with E-state index in [4.69, 9.17) is 0 Å². The van der Waals surface area contributed by atoms with E-state index in [1.165, 1.54) is 6.33 Å². The average Bonchev–Trinajstić information content (AvgIpc) is 3.14. The maximum absolute atomic E-state index is 12.1. The fourth-order valence-corrected chi connectivity index (χ4v) is 2.68. The molecule has 0 saturated heterocycles. The molecule has 0 atom stereocenters. The summed E-state index contributed by atoms with van der Waals surface area (Å²) in [4.78, 5) is 26.2. The molecule has 0 saturated carbocycles. The number of aromatic amines is 1. The van der Waals surface area contributed by atoms with Gasteiger partial charge in [0.1, 0.15) is 10.8 Å². The van der Waals surface area contributed by atoms with E-state index in [2.05, 4.69) is 41.5 Å². The summed E-state index contributed by atoms with van der Waals surface area (Å²) in [5.41, 5.74) is 2.03. The number of nitrogens with one attached hydrogen (secondary N) is 2. The molecule has 0 radical (unpaired) electrons. The Labute approximate surface area is 149 Å². The van der Waals surface area contributed by atoms with Gasteiger partial charge in [0.15, 0.2) is 5.69 Å². The summed E-state index contributed by atoms with van der Waals surface area (Å²) in [6.45, 7) is 2.50. The van der Waals surface area contributed by atoms with E-state index >= 15 is 0 Å². The van der Waals surface area contributed by atoms with E-state index in [1.54, 1.807) is 4.68 Å². The van der Waals surface area contributed by atoms with Crippen LogP contribution in [-0.4, -0.2) is 35.8 Å². The van der Waals surface area contributed by atoms with Gasteiger partial charge in [0, 0.05) is 0 Å². The fourth-order valence-electron chi connectivity index (χ4n) is 2.18. The Morgan fingerprint density at radius 3 is 2.96 bits per heavy atom. The van der Waals surface area contributed by atoms with Gasteiger partial charge in [0.2, 0.25) is 5.95 Å². The van der Waals surface area contributed by atoms with Gasteiger partial charge in [-0.3, -0.25) is 10.1 Å². The molecule has 25 heavy (non-hydrogen) atoms. The van der Waals surface area contributed by atoms with Crippen LogP contribution in [-0.2, 0) is 6.54 Å². The lowest BCUT2D eigenvalue weighted by molar-refractivity contribution is -0.390. The van der Waals surface area contributed by atoms with E-state index in [9.17, 15) is 14.9 Å². The molecule has 2 N–H and O–H groups in total. The van der Waals surface area contributed by atoms with Crippen LogP contribution in [0.15, 0.2) is 35.1 Å². The molecular formula is C14H12BrN7O3. The second-order valence-corrected chi connectivity index (χ2v) is 5.99. The minimum atomic E-state index is -0.678. The predicted octanol–water partition coefficient (Wildman–Crippen LogP) is 2.28. The number of aromatic nitrogens is 5. The molecule has 1 aromatic carbocycles. The van der Waals surface area contributed by atoms with Crippen LogP contribution in [0.1, 0.15) is 21.6 Å². The third-order valence-electron chi connectivity index (χ3n) is 3.28. The first-order chi connectivity index (χ1) is 11.9. The van der Waals surface area contributed by atoms with Crippen molar-refractivity contribution in [3.63, 3.8) is 0 Å². The summed E-state index contributed by atoms with van der Waals surface area (Å²) in [6.07, 6.45) is 1.49. The molecule has 11 heteroatoms. The monoisotopic (exact) mass is 405 g/mol. The van der Waals surface area contributed by atoms with Gasteiger partial charge < -0.3 is 10.1 Å². The zero-order valence-corrected chi connectivity index (χ0v) is 14.5. The Bertz CT molecular complexity index is 950. The van der Waals surface area contributed by atoms with Gasteiger partial charge >= 0.3 is 5.82 Å². The van der Waals surface area contributed by atoms with Crippen LogP contribution in [0.3, 0.4) is 0 Å². The molecule has 0 bridgehead atoms. The molecule has 0 aliphatic rings. The minimum Gasteiger partial charge on any atom is -0.358 e. The fraction of sp³-hybridized carbons (Fsp3) is 0.143. The molecule has 0 unspecified atom stereocenters. The number of halogens is 1. The quantitative estimate of drug-likeness (QED) is 0.494. The summed E-state index contributed by atoms with van der Waals surface area (Å²) < 4.78 is 1.54. The number of hydrogen-bond donors (Lipinski definition) is 2. The smallest absolute Gasteiger partial charge is 0.357 e. The number of amides is 1. The summed E-state index contributed by atoms with van der Waals surface area (Å²) >= 11 is 2.98. The lowest BCUT2D eigenvalue weighted by Crippen LogP contribution is -2.14. The van der Waals surface area contributed by atoms with Gasteiger partial charge in [-0.05, 0) is 33.3 Å². The molecule has 0 aliphatic heterocycles. The first-order valence-corrected chi connectivity index (χ1v) is 7.88. The highest BCUT2D eigenvalue weighted by atomic mass is 79.9. The number of benzene rings is 1. The lowest BCUT2D eigenvalue weighted by Gasteiger charge is -2.02. The zero-order chi connectivity index (χ0) is 18.0. The molecule has 1 amide bonds. The average molecular weight is 406 g/mol. The first kappa shape index (κ1) is 16.8. The molecule has 10 nitrogen and oxygen atoms in total. The Morgan fingerprint density at radius 1 is 1.48 bits per heavy atom. The predicted molar refractivity (Wildman–Crippen MR) is 91.2 cm³/mol. The lowest BCUT2D eigenvalue weighted by atomic mass is 10.1. The maximum atomic E-state index is 12.1. The van der Waals surface area contributed by atoms with Crippen LogP contribution in [0.25, 0.3) is 0 Å². The number of aryl methyl sites for hydroxylation is 1. The van der Waals surface area contributed by atoms with Gasteiger partial charge in [0.05, 0.1) is 6.54 Å². The Morgan fingerprint density at radius 2 is 2.28 bits per heavy atom. The van der Waals surface area contributed by atoms with Crippen molar-refractivity contribution in [1.29, 1.82) is 0 Å². The van der Waals surface area contributed by atoms with Crippen molar-refractivity contribution >= 4 is 33.6 Å². The number of nitro groups is 1. The van der Waals surface area contributed by atoms with Crippen molar-refractivity contribution in [3.8, 4) is 0 Å². The van der Waals surface area contributed by atoms with E-state index in [-0.39, 0.29) is 16.1 Å². The molecule has 3 aromatic rings. The van der Waals surface area contributed by atoms with Gasteiger partial charge in [-0.1, -0.05) is 34.9 Å². The SMILES string of the molecule is Cc1cccc(Cn2cnc(NC(=O)c3n[nH]c([N+](=O)[O-])c3Br)n2)c1. The molecule has 0 aliphatic carbocycles. The van der Waals surface area contributed by atoms with Crippen molar-refractivity contribution in [1.82, 2.24) is 25.0 Å². The number of rotatable bonds is 5. The Kier molecular flexibility index (Phi) is 4.57. The molecule has 2 aromatic heterocycles. The van der Waals surface area contributed by atoms with Crippen LogP contribution < -0.4 is 5.32 Å². The van der Waals surface area contributed by atoms with E-state index in [0.29, 0.717) is 6.54 Å². The molecule has 0 spiro atoms. The van der Waals surface area contributed by atoms with Gasteiger partial charge in [-0.2, -0.15) is 0 Å². The van der Waals surface area contributed by atoms with Crippen LogP contribution >= 0.6 is 15.9 Å². The van der Waals surface area contributed by atoms with Crippen molar-refractivity contribution in [3.05, 3.63) is 62.0 Å². The van der Waals surface area contributed by atoms with Crippen molar-refractivity contribution in [2.75, 3.05) is 5.32 Å². The Hall–Kier alpha value is -3.08. The zero-order valence-electron chi connectivity index (χ0n) is 12.9. The van der Waals surface area contributed by atoms with E-state index < -0.39 is 16.6 Å². The highest BCUT2D eigenvalue weighted by Gasteiger charge is 2.25. The Balaban J connectivity index is 1.71. The second kappa shape index (κ2) is 6.81. The number of nitrogens with zero attached hydrogens (tertiary/aromatic N) is 5. The van der Waals surface area contributed by atoms with Crippen molar-refractivity contribution in [2.45, 2.75) is 13.5 Å². The third kappa shape index (κ3) is 3.71. The molecule has 128 valence electrons. The number of carbonyl (C=O) groups excluding carboxylic acids is 1. The third-order valence-corrected chi connectivity index (χ3v) is 4.03. The number of hydrogen-bond acceptors (Lipinski definition) is 6. The summed E-state index contributed by atoms with van der Waals surface area (Å²) in [5, 5.41) is 23.2. The summed E-state index contributed by atoms with van der Waals surface area (Å²) in [6, 6.07) is 7.94.